The fourth-order valence-electron chi connectivity index (χ4n) is 0.428. The van der Waals surface area contributed by atoms with Crippen LogP contribution in [0.5, 0.6) is 0 Å². The first-order chi connectivity index (χ1) is 9.17. The van der Waals surface area contributed by atoms with Crippen LogP contribution in [0.3, 0.4) is 0 Å². The number of aliphatic carboxylic acids is 4. The molecule has 0 aliphatic carbocycles. The molecule has 122 valence electrons. The molecule has 0 aliphatic heterocycles. The molecule has 0 rings (SSSR count). The van der Waals surface area contributed by atoms with E-state index in [1.807, 2.05) is 0 Å². The summed E-state index contributed by atoms with van der Waals surface area (Å²) in [6.45, 7) is 1.19. The third-order valence-electron chi connectivity index (χ3n) is 1.27. The maximum atomic E-state index is 9.64. The van der Waals surface area contributed by atoms with Crippen LogP contribution < -0.4 is 11.5 Å². The Balaban J connectivity index is -0.0000000348. The van der Waals surface area contributed by atoms with Gasteiger partial charge < -0.3 is 31.9 Å². The predicted octanol–water partition coefficient (Wildman–Crippen LogP) is -2.75. The molecule has 14 heteroatoms. The minimum absolute atomic E-state index is 0. The van der Waals surface area contributed by atoms with E-state index in [0.29, 0.717) is 13.1 Å². The molecular weight excluding hydrogens is 368 g/mol. The van der Waals surface area contributed by atoms with E-state index >= 15 is 0 Å². The zero-order valence-electron chi connectivity index (χ0n) is 14.8. The summed E-state index contributed by atoms with van der Waals surface area (Å²) in [7, 11) is 0. The zero-order chi connectivity index (χ0) is 16.6. The van der Waals surface area contributed by atoms with Crippen LogP contribution in [0.4, 0.5) is 0 Å². The summed E-state index contributed by atoms with van der Waals surface area (Å²) in [5.41, 5.74) is 9.81. The Bertz CT molecular complexity index is 263. The summed E-state index contributed by atoms with van der Waals surface area (Å²) >= 11 is 0. The van der Waals surface area contributed by atoms with Gasteiger partial charge in [0.2, 0.25) is 0 Å². The molecule has 8 N–H and O–H groups in total. The van der Waals surface area contributed by atoms with E-state index in [-0.39, 0.29) is 144 Å². The van der Waals surface area contributed by atoms with Crippen LogP contribution >= 0.6 is 0 Å². The molecule has 4 radical (unpaired) electrons. The van der Waals surface area contributed by atoms with E-state index in [4.69, 9.17) is 31.9 Å². The monoisotopic (exact) mass is 388 g/mol. The summed E-state index contributed by atoms with van der Waals surface area (Å²) in [5, 5.41) is 31.6. The topological polar surface area (TPSA) is 201 Å². The van der Waals surface area contributed by atoms with Crippen LogP contribution in [0.1, 0.15) is 25.7 Å². The standard InChI is InChI=1S/2C4H6O4.C2H8N2.4Na/c2*5-3(6)1-2-4(7)8;3-1-2-4;;;;/h2*1-2H2,(H,5,6)(H,7,8);1-4H2;;;;. The quantitative estimate of drug-likeness (QED) is 0.248. The van der Waals surface area contributed by atoms with E-state index in [1.165, 1.54) is 0 Å². The van der Waals surface area contributed by atoms with Crippen molar-refractivity contribution in [2.45, 2.75) is 25.7 Å². The Hall–Kier alpha value is 1.80. The maximum Gasteiger partial charge on any atom is 0.303 e. The SMILES string of the molecule is NCCN.O=C(O)CCC(=O)O.O=C(O)CCC(=O)O.[Na].[Na].[Na].[Na]. The first-order valence-electron chi connectivity index (χ1n) is 5.44. The van der Waals surface area contributed by atoms with Gasteiger partial charge in [0.1, 0.15) is 0 Å². The summed E-state index contributed by atoms with van der Waals surface area (Å²) in [5.74, 6) is -4.31. The second-order valence-electron chi connectivity index (χ2n) is 3.15. The molecule has 0 unspecified atom stereocenters. The summed E-state index contributed by atoms with van der Waals surface area (Å²) in [6.07, 6.45) is -1.19. The molecule has 10 nitrogen and oxygen atoms in total. The van der Waals surface area contributed by atoms with Crippen LogP contribution in [0.15, 0.2) is 0 Å². The predicted molar refractivity (Wildman–Crippen MR) is 90.1 cm³/mol. The molecule has 0 bridgehead atoms. The largest absolute Gasteiger partial charge is 0.481 e. The van der Waals surface area contributed by atoms with Gasteiger partial charge in [0.15, 0.2) is 0 Å². The van der Waals surface area contributed by atoms with Crippen molar-refractivity contribution in [1.82, 2.24) is 0 Å². The van der Waals surface area contributed by atoms with Crippen molar-refractivity contribution in [2.24, 2.45) is 11.5 Å². The maximum absolute atomic E-state index is 9.64. The summed E-state index contributed by atoms with van der Waals surface area (Å²) in [6, 6.07) is 0. The Morgan fingerprint density at radius 3 is 0.667 bits per heavy atom. The summed E-state index contributed by atoms with van der Waals surface area (Å²) in [4.78, 5) is 38.6. The third kappa shape index (κ3) is 75.5. The number of nitrogens with two attached hydrogens (primary N) is 2. The van der Waals surface area contributed by atoms with Gasteiger partial charge in [-0.2, -0.15) is 0 Å². The van der Waals surface area contributed by atoms with Crippen molar-refractivity contribution in [3.8, 4) is 0 Å². The third-order valence-corrected chi connectivity index (χ3v) is 1.27. The molecule has 0 atom stereocenters. The normalized spacial score (nSPS) is 6.92. The van der Waals surface area contributed by atoms with Crippen molar-refractivity contribution in [3.63, 3.8) is 0 Å². The number of carbonyl (C=O) groups is 4. The van der Waals surface area contributed by atoms with E-state index in [9.17, 15) is 19.2 Å². The van der Waals surface area contributed by atoms with Gasteiger partial charge in [-0.05, 0) is 0 Å². The van der Waals surface area contributed by atoms with E-state index in [2.05, 4.69) is 0 Å². The van der Waals surface area contributed by atoms with Crippen molar-refractivity contribution in [1.29, 1.82) is 0 Å². The average molecular weight is 388 g/mol. The Morgan fingerprint density at radius 1 is 0.500 bits per heavy atom. The van der Waals surface area contributed by atoms with Gasteiger partial charge in [0.05, 0.1) is 25.7 Å². The fourth-order valence-corrected chi connectivity index (χ4v) is 0.428. The molecule has 0 spiro atoms. The first-order valence-corrected chi connectivity index (χ1v) is 5.44. The van der Waals surface area contributed by atoms with Crippen LogP contribution in [0, 0.1) is 0 Å². The molecule has 0 amide bonds. The van der Waals surface area contributed by atoms with Gasteiger partial charge in [-0.25, -0.2) is 0 Å². The van der Waals surface area contributed by atoms with E-state index < -0.39 is 23.9 Å². The Morgan fingerprint density at radius 2 is 0.625 bits per heavy atom. The summed E-state index contributed by atoms with van der Waals surface area (Å²) < 4.78 is 0. The molecule has 0 heterocycles. The van der Waals surface area contributed by atoms with Crippen LogP contribution in [0.25, 0.3) is 0 Å². The van der Waals surface area contributed by atoms with Crippen LogP contribution in [-0.4, -0.2) is 176 Å². The molecule has 0 aromatic rings. The van der Waals surface area contributed by atoms with Crippen molar-refractivity contribution < 1.29 is 39.6 Å². The second-order valence-corrected chi connectivity index (χ2v) is 3.15. The van der Waals surface area contributed by atoms with Gasteiger partial charge in [0.25, 0.3) is 0 Å². The van der Waals surface area contributed by atoms with Gasteiger partial charge >= 0.3 is 23.9 Å². The van der Waals surface area contributed by atoms with Gasteiger partial charge in [-0.15, -0.1) is 0 Å². The van der Waals surface area contributed by atoms with E-state index in [1.54, 1.807) is 0 Å². The van der Waals surface area contributed by atoms with Crippen molar-refractivity contribution in [3.05, 3.63) is 0 Å². The molecule has 0 fully saturated rings. The van der Waals surface area contributed by atoms with Gasteiger partial charge in [-0.3, -0.25) is 19.2 Å². The molecule has 0 aromatic carbocycles. The minimum atomic E-state index is -1.08. The minimum Gasteiger partial charge on any atom is -0.481 e. The van der Waals surface area contributed by atoms with Crippen LogP contribution in [-0.2, 0) is 19.2 Å². The molecule has 0 saturated heterocycles. The molecular formula is C10H20N2Na4O8. The van der Waals surface area contributed by atoms with Crippen molar-refractivity contribution >= 4 is 142 Å². The molecule has 0 aromatic heterocycles. The number of carboxylic acid groups (broad SMARTS) is 4. The van der Waals surface area contributed by atoms with Crippen LogP contribution in [0.2, 0.25) is 0 Å². The number of carboxylic acids is 4. The number of hydrogen-bond donors (Lipinski definition) is 6. The first kappa shape index (κ1) is 44.9. The number of hydrogen-bond acceptors (Lipinski definition) is 6. The smallest absolute Gasteiger partial charge is 0.303 e. The molecule has 0 aliphatic rings. The molecule has 24 heavy (non-hydrogen) atoms. The van der Waals surface area contributed by atoms with Gasteiger partial charge in [-0.1, -0.05) is 0 Å². The Kier molecular flexibility index (Phi) is 67.0. The average Bonchev–Trinajstić information content (AvgIpc) is 2.35. The second kappa shape index (κ2) is 35.8. The molecule has 0 saturated carbocycles. The van der Waals surface area contributed by atoms with Gasteiger partial charge in [0, 0.05) is 131 Å². The fraction of sp³-hybridized carbons (Fsp3) is 0.600. The van der Waals surface area contributed by atoms with E-state index in [0.717, 1.165) is 0 Å². The Labute approximate surface area is 228 Å². The zero-order valence-corrected chi connectivity index (χ0v) is 22.8. The van der Waals surface area contributed by atoms with Crippen molar-refractivity contribution in [2.75, 3.05) is 13.1 Å². The number of rotatable bonds is 7.